The van der Waals surface area contributed by atoms with Crippen LogP contribution in [0, 0.1) is 17.0 Å². The molecule has 3 rings (SSSR count). The number of benzene rings is 1. The molecule has 0 unspecified atom stereocenters. The topological polar surface area (TPSA) is 109 Å². The minimum atomic E-state index is -0.532. The summed E-state index contributed by atoms with van der Waals surface area (Å²) >= 11 is 0. The van der Waals surface area contributed by atoms with Crippen LogP contribution in [-0.4, -0.2) is 30.1 Å². The molecular formula is C14H12N6O3. The van der Waals surface area contributed by atoms with Gasteiger partial charge in [-0.25, -0.2) is 4.98 Å². The van der Waals surface area contributed by atoms with E-state index in [0.717, 1.165) is 5.69 Å². The second-order valence-corrected chi connectivity index (χ2v) is 4.73. The van der Waals surface area contributed by atoms with Gasteiger partial charge in [-0.3, -0.25) is 10.1 Å². The van der Waals surface area contributed by atoms with Gasteiger partial charge in [0.1, 0.15) is 0 Å². The van der Waals surface area contributed by atoms with Gasteiger partial charge in [0.15, 0.2) is 12.4 Å². The minimum Gasteiger partial charge on any atom is -0.464 e. The molecule has 0 aliphatic heterocycles. The van der Waals surface area contributed by atoms with Gasteiger partial charge in [-0.2, -0.15) is 4.68 Å². The Morgan fingerprint density at radius 2 is 2.09 bits per heavy atom. The number of aryl methyl sites for hydroxylation is 1. The lowest BCUT2D eigenvalue weighted by Crippen LogP contribution is -2.08. The zero-order chi connectivity index (χ0) is 16.2. The van der Waals surface area contributed by atoms with E-state index in [1.807, 2.05) is 30.3 Å². The second kappa shape index (κ2) is 6.18. The maximum absolute atomic E-state index is 11.1. The van der Waals surface area contributed by atoms with Crippen LogP contribution in [0.15, 0.2) is 42.6 Å². The number of aromatic nitrogens is 5. The third-order valence-electron chi connectivity index (χ3n) is 3.04. The number of para-hydroxylation sites is 1. The summed E-state index contributed by atoms with van der Waals surface area (Å²) in [4.78, 5) is 14.5. The van der Waals surface area contributed by atoms with Crippen molar-refractivity contribution in [1.82, 2.24) is 25.2 Å². The Labute approximate surface area is 130 Å². The van der Waals surface area contributed by atoms with Crippen LogP contribution in [0.5, 0.6) is 5.88 Å². The number of nitrogens with zero attached hydrogens (tertiary/aromatic N) is 6. The third-order valence-corrected chi connectivity index (χ3v) is 3.04. The summed E-state index contributed by atoms with van der Waals surface area (Å²) in [6, 6.07) is 10.7. The first-order chi connectivity index (χ1) is 11.1. The van der Waals surface area contributed by atoms with Gasteiger partial charge in [0, 0.05) is 12.3 Å². The quantitative estimate of drug-likeness (QED) is 0.522. The Bertz CT molecular complexity index is 834. The van der Waals surface area contributed by atoms with Crippen LogP contribution in [0.2, 0.25) is 0 Å². The van der Waals surface area contributed by atoms with Crippen molar-refractivity contribution < 1.29 is 9.66 Å². The molecule has 0 atom stereocenters. The van der Waals surface area contributed by atoms with Crippen molar-refractivity contribution in [3.63, 3.8) is 0 Å². The summed E-state index contributed by atoms with van der Waals surface area (Å²) in [6.45, 7) is 1.68. The maximum Gasteiger partial charge on any atom is 0.331 e. The summed E-state index contributed by atoms with van der Waals surface area (Å²) in [6.07, 6.45) is 1.50. The van der Waals surface area contributed by atoms with E-state index in [9.17, 15) is 10.1 Å². The zero-order valence-corrected chi connectivity index (χ0v) is 12.2. The molecule has 0 aliphatic rings. The summed E-state index contributed by atoms with van der Waals surface area (Å²) in [7, 11) is 0. The zero-order valence-electron chi connectivity index (χ0n) is 12.2. The molecule has 0 aliphatic carbocycles. The highest BCUT2D eigenvalue weighted by Gasteiger charge is 2.18. The molecule has 2 aromatic heterocycles. The van der Waals surface area contributed by atoms with E-state index >= 15 is 0 Å². The van der Waals surface area contributed by atoms with Crippen LogP contribution in [0.1, 0.15) is 11.4 Å². The van der Waals surface area contributed by atoms with E-state index in [4.69, 9.17) is 4.74 Å². The van der Waals surface area contributed by atoms with Crippen LogP contribution in [-0.2, 0) is 6.61 Å². The number of pyridine rings is 1. The average Bonchev–Trinajstić information content (AvgIpc) is 3.03. The van der Waals surface area contributed by atoms with Crippen LogP contribution in [0.4, 0.5) is 5.69 Å². The lowest BCUT2D eigenvalue weighted by molar-refractivity contribution is -0.386. The average molecular weight is 312 g/mol. The maximum atomic E-state index is 11.1. The van der Waals surface area contributed by atoms with Gasteiger partial charge in [0.05, 0.1) is 10.6 Å². The van der Waals surface area contributed by atoms with Gasteiger partial charge in [-0.05, 0) is 35.0 Å². The van der Waals surface area contributed by atoms with Crippen LogP contribution >= 0.6 is 0 Å². The number of hydrogen-bond donors (Lipinski definition) is 0. The van der Waals surface area contributed by atoms with Gasteiger partial charge in [0.25, 0.3) is 5.88 Å². The normalized spacial score (nSPS) is 10.5. The Kier molecular flexibility index (Phi) is 3.91. The summed E-state index contributed by atoms with van der Waals surface area (Å²) < 4.78 is 6.94. The van der Waals surface area contributed by atoms with Crippen LogP contribution in [0.3, 0.4) is 0 Å². The van der Waals surface area contributed by atoms with E-state index in [1.54, 1.807) is 6.92 Å². The molecule has 116 valence electrons. The van der Waals surface area contributed by atoms with Crippen molar-refractivity contribution in [2.45, 2.75) is 13.5 Å². The Hall–Kier alpha value is -3.36. The Balaban J connectivity index is 1.83. The van der Waals surface area contributed by atoms with Crippen molar-refractivity contribution >= 4 is 5.69 Å². The van der Waals surface area contributed by atoms with E-state index in [1.165, 1.54) is 16.9 Å². The van der Waals surface area contributed by atoms with Crippen LogP contribution < -0.4 is 4.74 Å². The summed E-state index contributed by atoms with van der Waals surface area (Å²) in [5.41, 5.74) is 1.25. The van der Waals surface area contributed by atoms with E-state index in [0.29, 0.717) is 11.4 Å². The van der Waals surface area contributed by atoms with Gasteiger partial charge in [-0.15, -0.1) is 5.10 Å². The SMILES string of the molecule is Cc1cnc(OCc2nnnn2-c2ccccc2)c([N+](=O)[O-])c1. The van der Waals surface area contributed by atoms with Crippen molar-refractivity contribution in [3.05, 3.63) is 64.1 Å². The van der Waals surface area contributed by atoms with E-state index in [-0.39, 0.29) is 18.2 Å². The monoisotopic (exact) mass is 312 g/mol. The molecule has 2 heterocycles. The number of nitro groups is 1. The standard InChI is InChI=1S/C14H12N6O3/c1-10-7-12(20(21)22)14(15-8-10)23-9-13-16-17-18-19(13)11-5-3-2-4-6-11/h2-8H,9H2,1H3. The fourth-order valence-electron chi connectivity index (χ4n) is 1.98. The second-order valence-electron chi connectivity index (χ2n) is 4.73. The molecule has 9 nitrogen and oxygen atoms in total. The van der Waals surface area contributed by atoms with E-state index in [2.05, 4.69) is 20.5 Å². The van der Waals surface area contributed by atoms with Gasteiger partial charge < -0.3 is 4.74 Å². The largest absolute Gasteiger partial charge is 0.464 e. The molecule has 0 fully saturated rings. The van der Waals surface area contributed by atoms with Crippen molar-refractivity contribution in [1.29, 1.82) is 0 Å². The molecule has 3 aromatic rings. The fraction of sp³-hybridized carbons (Fsp3) is 0.143. The number of ether oxygens (including phenoxy) is 1. The molecule has 9 heteroatoms. The molecule has 0 saturated carbocycles. The number of hydrogen-bond acceptors (Lipinski definition) is 7. The lowest BCUT2D eigenvalue weighted by atomic mass is 10.3. The molecule has 0 spiro atoms. The summed E-state index contributed by atoms with van der Waals surface area (Å²) in [5.74, 6) is 0.344. The first-order valence-electron chi connectivity index (χ1n) is 6.71. The van der Waals surface area contributed by atoms with Crippen LogP contribution in [0.25, 0.3) is 5.69 Å². The lowest BCUT2D eigenvalue weighted by Gasteiger charge is -2.07. The molecule has 23 heavy (non-hydrogen) atoms. The third kappa shape index (κ3) is 3.12. The molecule has 0 N–H and O–H groups in total. The smallest absolute Gasteiger partial charge is 0.331 e. The Morgan fingerprint density at radius 3 is 2.83 bits per heavy atom. The highest BCUT2D eigenvalue weighted by Crippen LogP contribution is 2.25. The summed E-state index contributed by atoms with van der Waals surface area (Å²) in [5, 5.41) is 22.4. The minimum absolute atomic E-state index is 0.0429. The van der Waals surface area contributed by atoms with E-state index < -0.39 is 4.92 Å². The Morgan fingerprint density at radius 1 is 1.30 bits per heavy atom. The molecule has 0 bridgehead atoms. The van der Waals surface area contributed by atoms with Crippen molar-refractivity contribution in [2.24, 2.45) is 0 Å². The van der Waals surface area contributed by atoms with Gasteiger partial charge >= 0.3 is 5.69 Å². The first kappa shape index (κ1) is 14.6. The predicted molar refractivity (Wildman–Crippen MR) is 79.1 cm³/mol. The first-order valence-corrected chi connectivity index (χ1v) is 6.71. The predicted octanol–water partition coefficient (Wildman–Crippen LogP) is 1.85. The molecule has 0 amide bonds. The molecular weight excluding hydrogens is 300 g/mol. The van der Waals surface area contributed by atoms with Gasteiger partial charge in [-0.1, -0.05) is 18.2 Å². The molecule has 0 saturated heterocycles. The highest BCUT2D eigenvalue weighted by molar-refractivity contribution is 5.42. The number of rotatable bonds is 5. The number of tetrazole rings is 1. The van der Waals surface area contributed by atoms with Crippen molar-refractivity contribution in [2.75, 3.05) is 0 Å². The fourth-order valence-corrected chi connectivity index (χ4v) is 1.98. The van der Waals surface area contributed by atoms with Gasteiger partial charge in [0.2, 0.25) is 0 Å². The molecule has 1 aromatic carbocycles. The van der Waals surface area contributed by atoms with Crippen molar-refractivity contribution in [3.8, 4) is 11.6 Å². The molecule has 0 radical (unpaired) electrons. The highest BCUT2D eigenvalue weighted by atomic mass is 16.6.